The van der Waals surface area contributed by atoms with Crippen LogP contribution < -0.4 is 4.74 Å². The molecule has 0 N–H and O–H groups in total. The van der Waals surface area contributed by atoms with Crippen LogP contribution in [0, 0.1) is 0 Å². The summed E-state index contributed by atoms with van der Waals surface area (Å²) >= 11 is 1.50. The topological polar surface area (TPSA) is 35.5 Å². The Hall–Kier alpha value is -2.59. The molecule has 39 heavy (non-hydrogen) atoms. The number of esters is 1. The number of thiophene rings is 1. The largest absolute Gasteiger partial charge is 0.494 e. The van der Waals surface area contributed by atoms with Crippen LogP contribution in [-0.4, -0.2) is 18.7 Å². The second kappa shape index (κ2) is 17.9. The van der Waals surface area contributed by atoms with E-state index in [2.05, 4.69) is 62.4 Å². The first-order valence-electron chi connectivity index (χ1n) is 15.2. The minimum atomic E-state index is -0.212. The Labute approximate surface area is 241 Å². The fourth-order valence-corrected chi connectivity index (χ4v) is 5.65. The highest BCUT2D eigenvalue weighted by Gasteiger charge is 2.15. The maximum Gasteiger partial charge on any atom is 0.348 e. The minimum absolute atomic E-state index is 0.0407. The second-order valence-electron chi connectivity index (χ2n) is 10.7. The van der Waals surface area contributed by atoms with Gasteiger partial charge in [-0.1, -0.05) is 114 Å². The summed E-state index contributed by atoms with van der Waals surface area (Å²) in [4.78, 5) is 14.3. The Balaban J connectivity index is 1.42. The van der Waals surface area contributed by atoms with Crippen LogP contribution in [0.3, 0.4) is 0 Å². The van der Waals surface area contributed by atoms with Gasteiger partial charge < -0.3 is 9.47 Å². The number of hydrogen-bond donors (Lipinski definition) is 0. The fraction of sp³-hybridized carbons (Fsp3) is 0.514. The predicted octanol–water partition coefficient (Wildman–Crippen LogP) is 11.1. The number of hydrogen-bond acceptors (Lipinski definition) is 4. The van der Waals surface area contributed by atoms with Gasteiger partial charge >= 0.3 is 5.97 Å². The summed E-state index contributed by atoms with van der Waals surface area (Å²) in [6.45, 7) is 7.25. The first-order chi connectivity index (χ1) is 19.1. The molecule has 2 aromatic carbocycles. The number of unbranched alkanes of at least 4 members (excludes halogenated alkanes) is 10. The highest BCUT2D eigenvalue weighted by molar-refractivity contribution is 7.17. The van der Waals surface area contributed by atoms with Crippen molar-refractivity contribution in [1.29, 1.82) is 0 Å². The quantitative estimate of drug-likeness (QED) is 0.110. The van der Waals surface area contributed by atoms with Crippen LogP contribution in [0.5, 0.6) is 5.75 Å². The molecular formula is C35H48O3S. The second-order valence-corrected chi connectivity index (χ2v) is 11.7. The first-order valence-corrected chi connectivity index (χ1v) is 16.1. The van der Waals surface area contributed by atoms with E-state index in [1.165, 1.54) is 86.7 Å². The molecule has 3 nitrogen and oxygen atoms in total. The van der Waals surface area contributed by atoms with Gasteiger partial charge in [0.2, 0.25) is 0 Å². The Morgan fingerprint density at radius 2 is 1.21 bits per heavy atom. The average Bonchev–Trinajstić information content (AvgIpc) is 3.46. The van der Waals surface area contributed by atoms with Gasteiger partial charge in [-0.2, -0.15) is 0 Å². The predicted molar refractivity (Wildman–Crippen MR) is 167 cm³/mol. The lowest BCUT2D eigenvalue weighted by Crippen LogP contribution is -2.14. The van der Waals surface area contributed by atoms with Gasteiger partial charge in [-0.25, -0.2) is 4.79 Å². The SMILES string of the molecule is CCCCCCCCCCOc1ccc(-c2ccc(-c3ccc(C(=O)OC(C)CCCCCC)s3)cc2)cc1. The van der Waals surface area contributed by atoms with E-state index in [1.807, 2.05) is 19.1 Å². The van der Waals surface area contributed by atoms with E-state index in [1.54, 1.807) is 0 Å². The van der Waals surface area contributed by atoms with Gasteiger partial charge in [-0.15, -0.1) is 11.3 Å². The highest BCUT2D eigenvalue weighted by atomic mass is 32.1. The van der Waals surface area contributed by atoms with Crippen molar-refractivity contribution in [2.24, 2.45) is 0 Å². The Bertz CT molecular complexity index is 1070. The van der Waals surface area contributed by atoms with Crippen molar-refractivity contribution in [3.8, 4) is 27.3 Å². The van der Waals surface area contributed by atoms with Crippen LogP contribution in [0.4, 0.5) is 0 Å². The zero-order valence-electron chi connectivity index (χ0n) is 24.4. The highest BCUT2D eigenvalue weighted by Crippen LogP contribution is 2.31. The molecule has 212 valence electrons. The Morgan fingerprint density at radius 3 is 1.85 bits per heavy atom. The maximum absolute atomic E-state index is 12.6. The van der Waals surface area contributed by atoms with Crippen molar-refractivity contribution < 1.29 is 14.3 Å². The molecule has 1 atom stereocenters. The van der Waals surface area contributed by atoms with Crippen LogP contribution in [0.2, 0.25) is 0 Å². The van der Waals surface area contributed by atoms with Gasteiger partial charge in [0.05, 0.1) is 12.7 Å². The summed E-state index contributed by atoms with van der Waals surface area (Å²) in [7, 11) is 0. The third-order valence-electron chi connectivity index (χ3n) is 7.20. The Morgan fingerprint density at radius 1 is 0.667 bits per heavy atom. The fourth-order valence-electron chi connectivity index (χ4n) is 4.76. The Kier molecular flexibility index (Phi) is 14.2. The molecule has 3 aromatic rings. The molecule has 3 rings (SSSR count). The van der Waals surface area contributed by atoms with E-state index < -0.39 is 0 Å². The number of rotatable bonds is 19. The zero-order valence-corrected chi connectivity index (χ0v) is 25.2. The molecule has 0 saturated heterocycles. The zero-order chi connectivity index (χ0) is 27.7. The van der Waals surface area contributed by atoms with Crippen molar-refractivity contribution in [3.05, 3.63) is 65.5 Å². The van der Waals surface area contributed by atoms with E-state index in [-0.39, 0.29) is 12.1 Å². The normalized spacial score (nSPS) is 11.9. The molecule has 1 aromatic heterocycles. The summed E-state index contributed by atoms with van der Waals surface area (Å²) in [5.74, 6) is 0.724. The molecule has 0 amide bonds. The number of carbonyl (C=O) groups is 1. The van der Waals surface area contributed by atoms with Crippen molar-refractivity contribution in [2.75, 3.05) is 6.61 Å². The summed E-state index contributed by atoms with van der Waals surface area (Å²) in [5, 5.41) is 0. The molecule has 4 heteroatoms. The standard InChI is InChI=1S/C35H48O3S/c1-4-6-8-10-11-12-13-15-27-37-32-23-21-30(22-24-32)29-17-19-31(20-18-29)33-25-26-34(39-33)35(36)38-28(3)16-14-9-7-5-2/h17-26,28H,4-16,27H2,1-3H3. The summed E-state index contributed by atoms with van der Waals surface area (Å²) in [5.41, 5.74) is 3.45. The number of carbonyl (C=O) groups excluding carboxylic acids is 1. The lowest BCUT2D eigenvalue weighted by atomic mass is 10.0. The molecule has 0 bridgehead atoms. The molecule has 0 fully saturated rings. The van der Waals surface area contributed by atoms with E-state index in [9.17, 15) is 4.79 Å². The monoisotopic (exact) mass is 548 g/mol. The van der Waals surface area contributed by atoms with Crippen LogP contribution in [0.25, 0.3) is 21.6 Å². The smallest absolute Gasteiger partial charge is 0.348 e. The first kappa shape index (κ1) is 30.9. The van der Waals surface area contributed by atoms with E-state index in [4.69, 9.17) is 9.47 Å². The third kappa shape index (κ3) is 11.2. The molecule has 0 saturated carbocycles. The summed E-state index contributed by atoms with van der Waals surface area (Å²) in [6, 6.07) is 20.8. The van der Waals surface area contributed by atoms with Gasteiger partial charge in [-0.05, 0) is 67.1 Å². The van der Waals surface area contributed by atoms with E-state index >= 15 is 0 Å². The van der Waals surface area contributed by atoms with E-state index in [0.717, 1.165) is 42.1 Å². The number of benzene rings is 2. The van der Waals surface area contributed by atoms with Crippen molar-refractivity contribution >= 4 is 17.3 Å². The molecule has 0 aliphatic rings. The third-order valence-corrected chi connectivity index (χ3v) is 8.32. The van der Waals surface area contributed by atoms with Gasteiger partial charge in [0.1, 0.15) is 10.6 Å². The minimum Gasteiger partial charge on any atom is -0.494 e. The van der Waals surface area contributed by atoms with Crippen LogP contribution in [0.1, 0.15) is 114 Å². The van der Waals surface area contributed by atoms with Gasteiger partial charge in [0.15, 0.2) is 0 Å². The summed E-state index contributed by atoms with van der Waals surface area (Å²) < 4.78 is 11.6. The van der Waals surface area contributed by atoms with Crippen molar-refractivity contribution in [1.82, 2.24) is 0 Å². The van der Waals surface area contributed by atoms with Gasteiger partial charge in [-0.3, -0.25) is 0 Å². The van der Waals surface area contributed by atoms with Gasteiger partial charge in [0, 0.05) is 4.88 Å². The molecule has 1 heterocycles. The van der Waals surface area contributed by atoms with Crippen LogP contribution >= 0.6 is 11.3 Å². The molecular weight excluding hydrogens is 500 g/mol. The molecule has 0 spiro atoms. The van der Waals surface area contributed by atoms with Crippen molar-refractivity contribution in [2.45, 2.75) is 110 Å². The average molecular weight is 549 g/mol. The van der Waals surface area contributed by atoms with Crippen LogP contribution in [-0.2, 0) is 4.74 Å². The van der Waals surface area contributed by atoms with Crippen LogP contribution in [0.15, 0.2) is 60.7 Å². The number of ether oxygens (including phenoxy) is 2. The van der Waals surface area contributed by atoms with Crippen molar-refractivity contribution in [3.63, 3.8) is 0 Å². The van der Waals surface area contributed by atoms with E-state index in [0.29, 0.717) is 4.88 Å². The molecule has 0 radical (unpaired) electrons. The molecule has 0 aliphatic heterocycles. The summed E-state index contributed by atoms with van der Waals surface area (Å²) in [6.07, 6.45) is 16.1. The van der Waals surface area contributed by atoms with Gasteiger partial charge in [0.25, 0.3) is 0 Å². The molecule has 0 aliphatic carbocycles. The molecule has 1 unspecified atom stereocenters. The maximum atomic E-state index is 12.6. The lowest BCUT2D eigenvalue weighted by Gasteiger charge is -2.12. The lowest BCUT2D eigenvalue weighted by molar-refractivity contribution is 0.0325.